The number of nitriles is 1. The maximum atomic E-state index is 12.5. The van der Waals surface area contributed by atoms with Crippen molar-refractivity contribution in [2.75, 3.05) is 0 Å². The fourth-order valence-electron chi connectivity index (χ4n) is 2.70. The van der Waals surface area contributed by atoms with Gasteiger partial charge in [-0.3, -0.25) is 9.78 Å². The van der Waals surface area contributed by atoms with Crippen molar-refractivity contribution in [2.45, 2.75) is 38.6 Å². The summed E-state index contributed by atoms with van der Waals surface area (Å²) in [5.41, 5.74) is 2.58. The lowest BCUT2D eigenvalue weighted by Crippen LogP contribution is -2.52. The van der Waals surface area contributed by atoms with E-state index in [1.165, 1.54) is 0 Å². The summed E-state index contributed by atoms with van der Waals surface area (Å²) in [6, 6.07) is 10.1. The van der Waals surface area contributed by atoms with Gasteiger partial charge in [0.1, 0.15) is 5.54 Å². The molecule has 1 N–H and O–H groups in total. The zero-order valence-electron chi connectivity index (χ0n) is 12.2. The normalized spacial score (nSPS) is 16.0. The molecular formula is C17H17N3O. The van der Waals surface area contributed by atoms with Crippen LogP contribution in [0.4, 0.5) is 0 Å². The molecule has 1 aliphatic carbocycles. The van der Waals surface area contributed by atoms with Crippen molar-refractivity contribution >= 4 is 16.8 Å². The van der Waals surface area contributed by atoms with Gasteiger partial charge in [0, 0.05) is 5.39 Å². The minimum Gasteiger partial charge on any atom is -0.334 e. The quantitative estimate of drug-likeness (QED) is 0.918. The Hall–Kier alpha value is -2.41. The number of benzene rings is 1. The number of hydrogen-bond acceptors (Lipinski definition) is 3. The van der Waals surface area contributed by atoms with E-state index in [4.69, 9.17) is 0 Å². The highest BCUT2D eigenvalue weighted by atomic mass is 16.1. The zero-order valence-corrected chi connectivity index (χ0v) is 12.2. The first-order chi connectivity index (χ1) is 10.0. The SMILES string of the molecule is Cc1ccc2nc(C)c(C(=O)NC3(C#N)CCC3)cc2c1. The van der Waals surface area contributed by atoms with Gasteiger partial charge in [0.25, 0.3) is 5.91 Å². The van der Waals surface area contributed by atoms with E-state index < -0.39 is 5.54 Å². The van der Waals surface area contributed by atoms with E-state index in [1.807, 2.05) is 38.1 Å². The molecule has 1 aromatic heterocycles. The predicted molar refractivity (Wildman–Crippen MR) is 80.9 cm³/mol. The number of hydrogen-bond donors (Lipinski definition) is 1. The van der Waals surface area contributed by atoms with Crippen LogP contribution in [0.25, 0.3) is 10.9 Å². The first-order valence-electron chi connectivity index (χ1n) is 7.15. The number of carbonyl (C=O) groups is 1. The molecule has 1 aliphatic rings. The van der Waals surface area contributed by atoms with Crippen molar-refractivity contribution in [3.63, 3.8) is 0 Å². The molecule has 4 nitrogen and oxygen atoms in total. The molecule has 0 atom stereocenters. The highest BCUT2D eigenvalue weighted by molar-refractivity contribution is 5.99. The molecule has 0 unspecified atom stereocenters. The van der Waals surface area contributed by atoms with Gasteiger partial charge in [-0.05, 0) is 51.3 Å². The molecule has 1 saturated carbocycles. The van der Waals surface area contributed by atoms with Gasteiger partial charge in [-0.25, -0.2) is 0 Å². The molecule has 0 bridgehead atoms. The second-order valence-corrected chi connectivity index (χ2v) is 5.82. The first kappa shape index (κ1) is 13.6. The topological polar surface area (TPSA) is 65.8 Å². The van der Waals surface area contributed by atoms with Crippen LogP contribution in [0.1, 0.15) is 40.9 Å². The van der Waals surface area contributed by atoms with E-state index in [1.54, 1.807) is 0 Å². The van der Waals surface area contributed by atoms with E-state index >= 15 is 0 Å². The van der Waals surface area contributed by atoms with Crippen LogP contribution >= 0.6 is 0 Å². The molecule has 1 amide bonds. The molecule has 1 fully saturated rings. The Morgan fingerprint density at radius 2 is 2.10 bits per heavy atom. The second-order valence-electron chi connectivity index (χ2n) is 5.82. The summed E-state index contributed by atoms with van der Waals surface area (Å²) in [6.07, 6.45) is 2.45. The van der Waals surface area contributed by atoms with Gasteiger partial charge in [0.2, 0.25) is 0 Å². The molecular weight excluding hydrogens is 262 g/mol. The van der Waals surface area contributed by atoms with Crippen molar-refractivity contribution in [1.29, 1.82) is 5.26 Å². The maximum Gasteiger partial charge on any atom is 0.254 e. The number of aromatic nitrogens is 1. The standard InChI is InChI=1S/C17H17N3O/c1-11-4-5-15-13(8-11)9-14(12(2)19-15)16(21)20-17(10-18)6-3-7-17/h4-5,8-9H,3,6-7H2,1-2H3,(H,20,21). The highest BCUT2D eigenvalue weighted by Crippen LogP contribution is 2.31. The molecule has 1 heterocycles. The molecule has 3 rings (SSSR count). The molecule has 0 radical (unpaired) electrons. The summed E-state index contributed by atoms with van der Waals surface area (Å²) in [5, 5.41) is 13.1. The third-order valence-electron chi connectivity index (χ3n) is 4.18. The summed E-state index contributed by atoms with van der Waals surface area (Å²) in [6.45, 7) is 3.84. The molecule has 4 heteroatoms. The third-order valence-corrected chi connectivity index (χ3v) is 4.18. The van der Waals surface area contributed by atoms with Crippen LogP contribution in [0.5, 0.6) is 0 Å². The Morgan fingerprint density at radius 3 is 2.71 bits per heavy atom. The molecule has 1 aromatic carbocycles. The number of pyridine rings is 1. The monoisotopic (exact) mass is 279 g/mol. The summed E-state index contributed by atoms with van der Waals surface area (Å²) in [7, 11) is 0. The largest absolute Gasteiger partial charge is 0.334 e. The molecule has 2 aromatic rings. The lowest BCUT2D eigenvalue weighted by Gasteiger charge is -2.35. The van der Waals surface area contributed by atoms with Gasteiger partial charge in [0.15, 0.2) is 0 Å². The summed E-state index contributed by atoms with van der Waals surface area (Å²) >= 11 is 0. The fourth-order valence-corrected chi connectivity index (χ4v) is 2.70. The number of aryl methyl sites for hydroxylation is 2. The first-order valence-corrected chi connectivity index (χ1v) is 7.15. The van der Waals surface area contributed by atoms with E-state index in [0.717, 1.165) is 35.7 Å². The van der Waals surface area contributed by atoms with Crippen LogP contribution in [0, 0.1) is 25.2 Å². The molecule has 0 saturated heterocycles. The summed E-state index contributed by atoms with van der Waals surface area (Å²) < 4.78 is 0. The Kier molecular flexibility index (Phi) is 3.13. The van der Waals surface area contributed by atoms with Gasteiger partial charge < -0.3 is 5.32 Å². The van der Waals surface area contributed by atoms with Crippen LogP contribution in [-0.4, -0.2) is 16.4 Å². The van der Waals surface area contributed by atoms with E-state index in [0.29, 0.717) is 11.3 Å². The van der Waals surface area contributed by atoms with Crippen molar-refractivity contribution < 1.29 is 4.79 Å². The Bertz CT molecular complexity index is 769. The number of amides is 1. The Labute approximate surface area is 123 Å². The molecule has 0 aliphatic heterocycles. The van der Waals surface area contributed by atoms with Gasteiger partial charge >= 0.3 is 0 Å². The summed E-state index contributed by atoms with van der Waals surface area (Å²) in [5.74, 6) is -0.204. The van der Waals surface area contributed by atoms with E-state index in [-0.39, 0.29) is 5.91 Å². The minimum absolute atomic E-state index is 0.204. The van der Waals surface area contributed by atoms with Crippen molar-refractivity contribution in [3.05, 3.63) is 41.1 Å². The number of rotatable bonds is 2. The number of fused-ring (bicyclic) bond motifs is 1. The van der Waals surface area contributed by atoms with Crippen LogP contribution < -0.4 is 5.32 Å². The van der Waals surface area contributed by atoms with Crippen molar-refractivity contribution in [3.8, 4) is 6.07 Å². The minimum atomic E-state index is -0.676. The maximum absolute atomic E-state index is 12.5. The molecule has 106 valence electrons. The van der Waals surface area contributed by atoms with Gasteiger partial charge in [0.05, 0.1) is 22.8 Å². The van der Waals surface area contributed by atoms with Crippen LogP contribution in [-0.2, 0) is 0 Å². The van der Waals surface area contributed by atoms with Gasteiger partial charge in [-0.1, -0.05) is 11.6 Å². The van der Waals surface area contributed by atoms with Crippen molar-refractivity contribution in [2.24, 2.45) is 0 Å². The lowest BCUT2D eigenvalue weighted by atomic mass is 9.78. The zero-order chi connectivity index (χ0) is 15.0. The summed E-state index contributed by atoms with van der Waals surface area (Å²) in [4.78, 5) is 17.0. The number of nitrogens with one attached hydrogen (secondary N) is 1. The predicted octanol–water partition coefficient (Wildman–Crippen LogP) is 3.03. The number of carbonyl (C=O) groups excluding carboxylic acids is 1. The molecule has 21 heavy (non-hydrogen) atoms. The Balaban J connectivity index is 1.98. The van der Waals surface area contributed by atoms with Crippen molar-refractivity contribution in [1.82, 2.24) is 10.3 Å². The van der Waals surface area contributed by atoms with E-state index in [9.17, 15) is 10.1 Å². The van der Waals surface area contributed by atoms with Crippen LogP contribution in [0.3, 0.4) is 0 Å². The smallest absolute Gasteiger partial charge is 0.254 e. The molecule has 0 spiro atoms. The van der Waals surface area contributed by atoms with Crippen LogP contribution in [0.15, 0.2) is 24.3 Å². The highest BCUT2D eigenvalue weighted by Gasteiger charge is 2.39. The van der Waals surface area contributed by atoms with E-state index in [2.05, 4.69) is 16.4 Å². The van der Waals surface area contributed by atoms with Gasteiger partial charge in [-0.2, -0.15) is 5.26 Å². The average Bonchev–Trinajstić information content (AvgIpc) is 2.42. The fraction of sp³-hybridized carbons (Fsp3) is 0.353. The van der Waals surface area contributed by atoms with Crippen LogP contribution in [0.2, 0.25) is 0 Å². The lowest BCUT2D eigenvalue weighted by molar-refractivity contribution is 0.0880. The average molecular weight is 279 g/mol. The Morgan fingerprint density at radius 1 is 1.33 bits per heavy atom. The second kappa shape index (κ2) is 4.85. The van der Waals surface area contributed by atoms with Gasteiger partial charge in [-0.15, -0.1) is 0 Å². The number of nitrogens with zero attached hydrogens (tertiary/aromatic N) is 2. The third kappa shape index (κ3) is 2.36.